The number of aromatic nitrogens is 1. The van der Waals surface area contributed by atoms with E-state index in [0.717, 1.165) is 0 Å². The van der Waals surface area contributed by atoms with Crippen LogP contribution in [0.4, 0.5) is 11.4 Å². The molecule has 1 aromatic heterocycles. The SMILES string of the molecule is CC(=O)Nc1c[c-]c(NO/C(C)=C(/C)S(=O)(=O)c2ccccn2)cc1O.[Y]. The van der Waals surface area contributed by atoms with Gasteiger partial charge in [-0.3, -0.25) is 4.79 Å². The zero-order valence-electron chi connectivity index (χ0n) is 15.0. The average Bonchev–Trinajstić information content (AvgIpc) is 2.61. The molecule has 0 saturated heterocycles. The fraction of sp³-hybridized carbons (Fsp3) is 0.176. The molecule has 8 nitrogen and oxygen atoms in total. The van der Waals surface area contributed by atoms with Crippen LogP contribution in [-0.4, -0.2) is 24.4 Å². The number of rotatable bonds is 6. The number of nitrogens with one attached hydrogen (secondary N) is 2. The summed E-state index contributed by atoms with van der Waals surface area (Å²) in [7, 11) is -3.77. The monoisotopic (exact) mass is 465 g/mol. The summed E-state index contributed by atoms with van der Waals surface area (Å²) in [5.41, 5.74) is 2.95. The molecule has 10 heteroatoms. The molecule has 0 atom stereocenters. The van der Waals surface area contributed by atoms with Gasteiger partial charge in [0.25, 0.3) is 0 Å². The molecule has 0 unspecified atom stereocenters. The van der Waals surface area contributed by atoms with Gasteiger partial charge >= 0.3 is 0 Å². The number of benzene rings is 1. The minimum atomic E-state index is -3.77. The molecular weight excluding hydrogens is 447 g/mol. The number of sulfone groups is 1. The number of amides is 1. The number of carbonyl (C=O) groups is 1. The molecule has 0 fully saturated rings. The van der Waals surface area contributed by atoms with E-state index >= 15 is 0 Å². The minimum Gasteiger partial charge on any atom is -0.531 e. The molecule has 141 valence electrons. The van der Waals surface area contributed by atoms with Crippen LogP contribution in [0.1, 0.15) is 20.8 Å². The van der Waals surface area contributed by atoms with Gasteiger partial charge < -0.3 is 15.3 Å². The van der Waals surface area contributed by atoms with E-state index in [1.807, 2.05) is 0 Å². The Bertz CT molecular complexity index is 946. The molecule has 0 spiro atoms. The normalized spacial score (nSPS) is 11.7. The van der Waals surface area contributed by atoms with E-state index in [0.29, 0.717) is 0 Å². The van der Waals surface area contributed by atoms with Gasteiger partial charge in [0.15, 0.2) is 5.03 Å². The summed E-state index contributed by atoms with van der Waals surface area (Å²) in [6, 6.07) is 9.99. The molecule has 2 rings (SSSR count). The Balaban J connectivity index is 0.00000364. The van der Waals surface area contributed by atoms with Crippen molar-refractivity contribution in [3.63, 3.8) is 0 Å². The quantitative estimate of drug-likeness (QED) is 0.260. The number of carbonyl (C=O) groups excluding carboxylic acids is 1. The van der Waals surface area contributed by atoms with Gasteiger partial charge in [-0.2, -0.15) is 6.07 Å². The zero-order chi connectivity index (χ0) is 19.3. The molecule has 0 aliphatic rings. The molecule has 0 bridgehead atoms. The second-order valence-corrected chi connectivity index (χ2v) is 7.35. The number of aromatic hydroxyl groups is 1. The van der Waals surface area contributed by atoms with Crippen LogP contribution in [0.2, 0.25) is 0 Å². The summed E-state index contributed by atoms with van der Waals surface area (Å²) in [5, 5.41) is 12.2. The smallest absolute Gasteiger partial charge is 0.223 e. The van der Waals surface area contributed by atoms with Gasteiger partial charge in [0, 0.05) is 51.6 Å². The third-order valence-electron chi connectivity index (χ3n) is 3.37. The van der Waals surface area contributed by atoms with Crippen LogP contribution < -0.4 is 10.8 Å². The van der Waals surface area contributed by atoms with Crippen molar-refractivity contribution in [2.75, 3.05) is 10.8 Å². The molecule has 1 amide bonds. The predicted octanol–water partition coefficient (Wildman–Crippen LogP) is 2.61. The maximum Gasteiger partial charge on any atom is 0.223 e. The fourth-order valence-electron chi connectivity index (χ4n) is 1.88. The summed E-state index contributed by atoms with van der Waals surface area (Å²) in [5.74, 6) is -0.418. The van der Waals surface area contributed by atoms with E-state index in [9.17, 15) is 18.3 Å². The Labute approximate surface area is 182 Å². The Morgan fingerprint density at radius 3 is 2.52 bits per heavy atom. The predicted molar refractivity (Wildman–Crippen MR) is 95.8 cm³/mol. The Morgan fingerprint density at radius 2 is 1.96 bits per heavy atom. The Morgan fingerprint density at radius 1 is 1.26 bits per heavy atom. The first-order chi connectivity index (χ1) is 12.2. The minimum absolute atomic E-state index is 0. The van der Waals surface area contributed by atoms with Gasteiger partial charge in [0.2, 0.25) is 15.7 Å². The average molecular weight is 465 g/mol. The zero-order valence-corrected chi connectivity index (χ0v) is 18.6. The fourth-order valence-corrected chi connectivity index (χ4v) is 3.08. The van der Waals surface area contributed by atoms with Gasteiger partial charge in [0.05, 0.1) is 4.91 Å². The molecular formula is C17H18N3O5SY-. The van der Waals surface area contributed by atoms with Crippen molar-refractivity contribution in [2.45, 2.75) is 25.8 Å². The molecule has 0 aliphatic carbocycles. The molecule has 2 aromatic rings. The van der Waals surface area contributed by atoms with Gasteiger partial charge in [-0.25, -0.2) is 18.9 Å². The van der Waals surface area contributed by atoms with Crippen LogP contribution in [0.15, 0.2) is 52.2 Å². The Hall–Kier alpha value is -1.97. The summed E-state index contributed by atoms with van der Waals surface area (Å²) in [6.07, 6.45) is 1.39. The summed E-state index contributed by atoms with van der Waals surface area (Å²) >= 11 is 0. The topological polar surface area (TPSA) is 118 Å². The number of hydrogen-bond acceptors (Lipinski definition) is 7. The van der Waals surface area contributed by atoms with Crippen molar-refractivity contribution in [1.29, 1.82) is 0 Å². The van der Waals surface area contributed by atoms with Gasteiger partial charge in [-0.05, 0) is 37.4 Å². The maximum absolute atomic E-state index is 12.5. The number of phenolic OH excluding ortho intramolecular Hbond substituents is 1. The summed E-state index contributed by atoms with van der Waals surface area (Å²) in [4.78, 5) is 20.1. The van der Waals surface area contributed by atoms with E-state index in [1.54, 1.807) is 12.1 Å². The van der Waals surface area contributed by atoms with Gasteiger partial charge in [-0.15, -0.1) is 12.1 Å². The number of allylic oxidation sites excluding steroid dienone is 2. The van der Waals surface area contributed by atoms with Crippen molar-refractivity contribution < 1.29 is 55.9 Å². The van der Waals surface area contributed by atoms with Crippen LogP contribution in [0.3, 0.4) is 0 Å². The van der Waals surface area contributed by atoms with Crippen LogP contribution in [-0.2, 0) is 52.2 Å². The molecule has 27 heavy (non-hydrogen) atoms. The molecule has 3 N–H and O–H groups in total. The van der Waals surface area contributed by atoms with Crippen LogP contribution >= 0.6 is 0 Å². The number of hydrogen-bond donors (Lipinski definition) is 3. The summed E-state index contributed by atoms with van der Waals surface area (Å²) in [6.45, 7) is 4.20. The number of pyridine rings is 1. The van der Waals surface area contributed by atoms with Crippen molar-refractivity contribution in [1.82, 2.24) is 4.98 Å². The third kappa shape index (κ3) is 6.02. The molecule has 1 aromatic carbocycles. The largest absolute Gasteiger partial charge is 0.531 e. The summed E-state index contributed by atoms with van der Waals surface area (Å²) < 4.78 is 24.9. The first kappa shape index (κ1) is 23.1. The number of anilines is 2. The van der Waals surface area contributed by atoms with E-state index < -0.39 is 9.84 Å². The first-order valence-corrected chi connectivity index (χ1v) is 8.99. The van der Waals surface area contributed by atoms with Crippen LogP contribution in [0.5, 0.6) is 5.75 Å². The molecule has 1 radical (unpaired) electrons. The molecule has 0 aliphatic heterocycles. The standard InChI is InChI=1S/C17H18N3O5S.Y/c1-11(12(2)26(23,24)17-6-4-5-9-18-17)25-20-14-7-8-15(16(22)10-14)19-13(3)21;/h4-6,8-10,20,22H,1-3H3,(H,19,21);/q-1;/b12-11-;. The molecule has 1 heterocycles. The Kier molecular flexibility index (Phi) is 8.39. The van der Waals surface area contributed by atoms with E-state index in [2.05, 4.69) is 21.8 Å². The molecule has 0 saturated carbocycles. The van der Waals surface area contributed by atoms with Crippen molar-refractivity contribution in [3.8, 4) is 5.75 Å². The van der Waals surface area contributed by atoms with E-state index in [4.69, 9.17) is 4.84 Å². The third-order valence-corrected chi connectivity index (χ3v) is 5.25. The first-order valence-electron chi connectivity index (χ1n) is 7.50. The van der Waals surface area contributed by atoms with Crippen molar-refractivity contribution in [2.24, 2.45) is 0 Å². The van der Waals surface area contributed by atoms with Crippen LogP contribution in [0, 0.1) is 6.07 Å². The second kappa shape index (κ2) is 9.82. The van der Waals surface area contributed by atoms with Gasteiger partial charge in [0.1, 0.15) is 5.76 Å². The van der Waals surface area contributed by atoms with E-state index in [-0.39, 0.29) is 71.4 Å². The van der Waals surface area contributed by atoms with Crippen molar-refractivity contribution in [3.05, 3.63) is 53.3 Å². The van der Waals surface area contributed by atoms with Crippen molar-refractivity contribution >= 4 is 27.1 Å². The maximum atomic E-state index is 12.5. The van der Waals surface area contributed by atoms with Gasteiger partial charge in [-0.1, -0.05) is 6.07 Å². The van der Waals surface area contributed by atoms with E-state index in [1.165, 1.54) is 45.2 Å². The second-order valence-electron chi connectivity index (χ2n) is 5.31. The number of nitrogens with zero attached hydrogens (tertiary/aromatic N) is 1. The van der Waals surface area contributed by atoms with Crippen LogP contribution in [0.25, 0.3) is 0 Å². The number of phenols is 1.